The van der Waals surface area contributed by atoms with Gasteiger partial charge in [0.05, 0.1) is 5.56 Å². The molecule has 1 aliphatic rings. The number of aromatic carboxylic acids is 1. The van der Waals surface area contributed by atoms with Crippen LogP contribution in [0, 0.1) is 11.8 Å². The van der Waals surface area contributed by atoms with Gasteiger partial charge in [-0.3, -0.25) is 0 Å². The van der Waals surface area contributed by atoms with Crippen LogP contribution < -0.4 is 10.6 Å². The molecular weight excluding hydrogens is 268 g/mol. The molecule has 1 aliphatic carbocycles. The molecule has 2 unspecified atom stereocenters. The van der Waals surface area contributed by atoms with Crippen molar-refractivity contribution in [2.24, 2.45) is 11.8 Å². The number of carbonyl (C=O) groups is 2. The maximum Gasteiger partial charge on any atom is 0.335 e. The normalized spacial score (nSPS) is 21.0. The zero-order valence-corrected chi connectivity index (χ0v) is 12.3. The number of hydrogen-bond donors (Lipinski definition) is 3. The summed E-state index contributed by atoms with van der Waals surface area (Å²) in [5.41, 5.74) is 1.13. The Morgan fingerprint density at radius 2 is 1.90 bits per heavy atom. The van der Waals surface area contributed by atoms with Crippen molar-refractivity contribution in [3.63, 3.8) is 0 Å². The molecule has 0 aliphatic heterocycles. The first kappa shape index (κ1) is 15.4. The highest BCUT2D eigenvalue weighted by Gasteiger charge is 2.21. The van der Waals surface area contributed by atoms with Gasteiger partial charge in [-0.1, -0.05) is 25.5 Å². The third-order valence-electron chi connectivity index (χ3n) is 4.01. The molecule has 3 N–H and O–H groups in total. The van der Waals surface area contributed by atoms with E-state index in [1.807, 2.05) is 0 Å². The van der Waals surface area contributed by atoms with E-state index in [0.717, 1.165) is 18.0 Å². The summed E-state index contributed by atoms with van der Waals surface area (Å²) in [7, 11) is 0. The first-order valence-electron chi connectivity index (χ1n) is 7.38. The molecule has 21 heavy (non-hydrogen) atoms. The summed E-state index contributed by atoms with van der Waals surface area (Å²) in [4.78, 5) is 22.4. The number of carboxylic acids is 1. The smallest absolute Gasteiger partial charge is 0.335 e. The van der Waals surface area contributed by atoms with E-state index >= 15 is 0 Å². The van der Waals surface area contributed by atoms with E-state index in [0.29, 0.717) is 12.5 Å². The quantitative estimate of drug-likeness (QED) is 0.780. The van der Waals surface area contributed by atoms with Crippen molar-refractivity contribution in [3.8, 4) is 0 Å². The Labute approximate surface area is 124 Å². The third kappa shape index (κ3) is 4.77. The fraction of sp³-hybridized carbons (Fsp3) is 0.500. The molecule has 0 bridgehead atoms. The van der Waals surface area contributed by atoms with Crippen LogP contribution in [0.3, 0.4) is 0 Å². The van der Waals surface area contributed by atoms with Crippen molar-refractivity contribution in [2.45, 2.75) is 32.7 Å². The van der Waals surface area contributed by atoms with Gasteiger partial charge in [0.1, 0.15) is 0 Å². The van der Waals surface area contributed by atoms with Crippen LogP contribution in [0.4, 0.5) is 4.79 Å². The van der Waals surface area contributed by atoms with Crippen molar-refractivity contribution in [2.75, 3.05) is 6.54 Å². The average molecular weight is 290 g/mol. The van der Waals surface area contributed by atoms with Crippen LogP contribution in [0.15, 0.2) is 24.3 Å². The zero-order chi connectivity index (χ0) is 15.2. The number of benzene rings is 1. The predicted octanol–water partition coefficient (Wildman–Crippen LogP) is 2.62. The Hall–Kier alpha value is -2.04. The first-order valence-corrected chi connectivity index (χ1v) is 7.38. The van der Waals surface area contributed by atoms with Gasteiger partial charge in [-0.15, -0.1) is 0 Å². The maximum atomic E-state index is 11.7. The molecule has 0 spiro atoms. The minimum atomic E-state index is -0.946. The molecule has 1 saturated carbocycles. The number of urea groups is 1. The second kappa shape index (κ2) is 7.11. The van der Waals surface area contributed by atoms with Crippen molar-refractivity contribution in [1.29, 1.82) is 0 Å². The lowest BCUT2D eigenvalue weighted by atomic mass is 10.1. The lowest BCUT2D eigenvalue weighted by Gasteiger charge is -2.12. The summed E-state index contributed by atoms with van der Waals surface area (Å²) < 4.78 is 0. The molecule has 114 valence electrons. The number of amides is 2. The van der Waals surface area contributed by atoms with Gasteiger partial charge in [0.25, 0.3) is 0 Å². The molecular formula is C16H22N2O3. The van der Waals surface area contributed by atoms with E-state index in [2.05, 4.69) is 17.6 Å². The summed E-state index contributed by atoms with van der Waals surface area (Å²) in [5.74, 6) is 0.422. The molecule has 2 atom stereocenters. The van der Waals surface area contributed by atoms with Crippen LogP contribution in [0.2, 0.25) is 0 Å². The summed E-state index contributed by atoms with van der Waals surface area (Å²) >= 11 is 0. The van der Waals surface area contributed by atoms with E-state index in [1.54, 1.807) is 12.1 Å². The average Bonchev–Trinajstić information content (AvgIpc) is 2.89. The largest absolute Gasteiger partial charge is 0.478 e. The fourth-order valence-corrected chi connectivity index (χ4v) is 2.76. The van der Waals surface area contributed by atoms with Gasteiger partial charge in [-0.2, -0.15) is 0 Å². The Balaban J connectivity index is 1.69. The second-order valence-corrected chi connectivity index (χ2v) is 5.85. The molecule has 0 saturated heterocycles. The van der Waals surface area contributed by atoms with Crippen molar-refractivity contribution in [1.82, 2.24) is 10.6 Å². The van der Waals surface area contributed by atoms with Gasteiger partial charge in [0, 0.05) is 13.1 Å². The highest BCUT2D eigenvalue weighted by molar-refractivity contribution is 5.87. The Kier molecular flexibility index (Phi) is 5.20. The van der Waals surface area contributed by atoms with Gasteiger partial charge < -0.3 is 15.7 Å². The van der Waals surface area contributed by atoms with Crippen LogP contribution in [-0.4, -0.2) is 23.7 Å². The molecule has 5 heteroatoms. The van der Waals surface area contributed by atoms with Gasteiger partial charge in [-0.05, 0) is 42.4 Å². The minimum absolute atomic E-state index is 0.170. The number of carboxylic acid groups (broad SMARTS) is 1. The monoisotopic (exact) mass is 290 g/mol. The SMILES string of the molecule is CC1CCC(CNC(=O)NCc2ccc(C(=O)O)cc2)C1. The molecule has 0 heterocycles. The van der Waals surface area contributed by atoms with Crippen LogP contribution in [0.5, 0.6) is 0 Å². The summed E-state index contributed by atoms with van der Waals surface area (Å²) in [6, 6.07) is 6.33. The Morgan fingerprint density at radius 3 is 2.48 bits per heavy atom. The van der Waals surface area contributed by atoms with Crippen LogP contribution in [-0.2, 0) is 6.54 Å². The Morgan fingerprint density at radius 1 is 1.19 bits per heavy atom. The number of nitrogens with one attached hydrogen (secondary N) is 2. The van der Waals surface area contributed by atoms with Gasteiger partial charge in [-0.25, -0.2) is 9.59 Å². The number of hydrogen-bond acceptors (Lipinski definition) is 2. The van der Waals surface area contributed by atoms with Crippen molar-refractivity contribution in [3.05, 3.63) is 35.4 Å². The van der Waals surface area contributed by atoms with Crippen LogP contribution >= 0.6 is 0 Å². The Bertz CT molecular complexity index is 499. The molecule has 1 aromatic carbocycles. The van der Waals surface area contributed by atoms with E-state index in [-0.39, 0.29) is 11.6 Å². The summed E-state index contributed by atoms with van der Waals surface area (Å²) in [6.45, 7) is 3.38. The number of rotatable bonds is 5. The highest BCUT2D eigenvalue weighted by Crippen LogP contribution is 2.29. The molecule has 2 rings (SSSR count). The van der Waals surface area contributed by atoms with E-state index in [1.165, 1.54) is 31.4 Å². The van der Waals surface area contributed by atoms with Crippen molar-refractivity contribution >= 4 is 12.0 Å². The molecule has 1 aromatic rings. The summed E-state index contributed by atoms with van der Waals surface area (Å²) in [5, 5.41) is 14.5. The minimum Gasteiger partial charge on any atom is -0.478 e. The molecule has 1 fully saturated rings. The van der Waals surface area contributed by atoms with Crippen LogP contribution in [0.1, 0.15) is 42.1 Å². The lowest BCUT2D eigenvalue weighted by Crippen LogP contribution is -2.37. The van der Waals surface area contributed by atoms with Gasteiger partial charge in [0.2, 0.25) is 0 Å². The zero-order valence-electron chi connectivity index (χ0n) is 12.3. The third-order valence-corrected chi connectivity index (χ3v) is 4.01. The predicted molar refractivity (Wildman–Crippen MR) is 80.1 cm³/mol. The van der Waals surface area contributed by atoms with Crippen LogP contribution in [0.25, 0.3) is 0 Å². The van der Waals surface area contributed by atoms with Crippen molar-refractivity contribution < 1.29 is 14.7 Å². The van der Waals surface area contributed by atoms with Gasteiger partial charge >= 0.3 is 12.0 Å². The molecule has 0 aromatic heterocycles. The first-order chi connectivity index (χ1) is 10.0. The molecule has 0 radical (unpaired) electrons. The topological polar surface area (TPSA) is 78.4 Å². The maximum absolute atomic E-state index is 11.7. The number of carbonyl (C=O) groups excluding carboxylic acids is 1. The van der Waals surface area contributed by atoms with E-state index in [4.69, 9.17) is 5.11 Å². The molecule has 2 amide bonds. The second-order valence-electron chi connectivity index (χ2n) is 5.85. The fourth-order valence-electron chi connectivity index (χ4n) is 2.76. The van der Waals surface area contributed by atoms with Gasteiger partial charge in [0.15, 0.2) is 0 Å². The van der Waals surface area contributed by atoms with E-state index in [9.17, 15) is 9.59 Å². The molecule has 5 nitrogen and oxygen atoms in total. The highest BCUT2D eigenvalue weighted by atomic mass is 16.4. The standard InChI is InChI=1S/C16H22N2O3/c1-11-2-3-13(8-11)10-18-16(21)17-9-12-4-6-14(7-5-12)15(19)20/h4-7,11,13H,2-3,8-10H2,1H3,(H,19,20)(H2,17,18,21). The van der Waals surface area contributed by atoms with E-state index < -0.39 is 5.97 Å². The lowest BCUT2D eigenvalue weighted by molar-refractivity contribution is 0.0697. The summed E-state index contributed by atoms with van der Waals surface area (Å²) in [6.07, 6.45) is 3.64.